The van der Waals surface area contributed by atoms with Crippen LogP contribution in [0.25, 0.3) is 0 Å². The van der Waals surface area contributed by atoms with Gasteiger partial charge in [0.25, 0.3) is 0 Å². The summed E-state index contributed by atoms with van der Waals surface area (Å²) < 4.78 is 6.87. The highest BCUT2D eigenvalue weighted by atomic mass is 127. The SMILES string of the molecule is CCCC[C@]1(O)CCCC2(I)CCC3CC21OC3(C)C. The summed E-state index contributed by atoms with van der Waals surface area (Å²) in [6.45, 7) is 6.69. The molecule has 1 heterocycles. The number of hydrogen-bond acceptors (Lipinski definition) is 2. The van der Waals surface area contributed by atoms with Crippen LogP contribution in [0.4, 0.5) is 0 Å². The van der Waals surface area contributed by atoms with E-state index in [9.17, 15) is 5.11 Å². The van der Waals surface area contributed by atoms with Gasteiger partial charge in [0.1, 0.15) is 5.60 Å². The van der Waals surface area contributed by atoms with Gasteiger partial charge in [-0.05, 0) is 64.7 Å². The molecule has 0 aromatic rings. The molecule has 3 heteroatoms. The highest BCUT2D eigenvalue weighted by molar-refractivity contribution is 14.1. The number of rotatable bonds is 3. The summed E-state index contributed by atoms with van der Waals surface area (Å²) >= 11 is 2.66. The summed E-state index contributed by atoms with van der Waals surface area (Å²) in [5.41, 5.74) is -0.959. The van der Waals surface area contributed by atoms with Crippen LogP contribution in [0.15, 0.2) is 0 Å². The van der Waals surface area contributed by atoms with Crippen LogP contribution in [0.1, 0.15) is 78.6 Å². The highest BCUT2D eigenvalue weighted by Gasteiger charge is 2.72. The lowest BCUT2D eigenvalue weighted by Crippen LogP contribution is -2.68. The molecule has 0 amide bonds. The second-order valence-electron chi connectivity index (χ2n) is 7.93. The Labute approximate surface area is 137 Å². The third-order valence-electron chi connectivity index (χ3n) is 6.43. The molecule has 1 N–H and O–H groups in total. The van der Waals surface area contributed by atoms with Gasteiger partial charge in [0.05, 0.1) is 14.6 Å². The van der Waals surface area contributed by atoms with Crippen molar-refractivity contribution in [2.45, 2.75) is 98.8 Å². The Bertz CT molecular complexity index is 396. The quantitative estimate of drug-likeness (QED) is 0.561. The lowest BCUT2D eigenvalue weighted by Gasteiger charge is -2.59. The lowest BCUT2D eigenvalue weighted by atomic mass is 9.57. The Hall–Kier alpha value is 0.650. The first-order valence-electron chi connectivity index (χ1n) is 8.40. The first-order chi connectivity index (χ1) is 9.29. The monoisotopic (exact) mass is 392 g/mol. The normalized spacial score (nSPS) is 50.0. The number of halogens is 1. The van der Waals surface area contributed by atoms with E-state index in [-0.39, 0.29) is 14.6 Å². The van der Waals surface area contributed by atoms with Crippen molar-refractivity contribution in [2.75, 3.05) is 0 Å². The Morgan fingerprint density at radius 3 is 2.70 bits per heavy atom. The molecule has 3 rings (SSSR count). The van der Waals surface area contributed by atoms with Gasteiger partial charge in [0, 0.05) is 0 Å². The Morgan fingerprint density at radius 1 is 1.25 bits per heavy atom. The molecule has 0 aromatic carbocycles. The molecule has 2 bridgehead atoms. The molecule has 20 heavy (non-hydrogen) atoms. The van der Waals surface area contributed by atoms with Gasteiger partial charge in [-0.25, -0.2) is 0 Å². The van der Waals surface area contributed by atoms with Crippen LogP contribution in [0.3, 0.4) is 0 Å². The van der Waals surface area contributed by atoms with Gasteiger partial charge in [0.15, 0.2) is 0 Å². The number of aliphatic hydroxyl groups is 1. The van der Waals surface area contributed by atoms with Crippen molar-refractivity contribution in [2.24, 2.45) is 5.92 Å². The molecular weight excluding hydrogens is 363 g/mol. The number of hydrogen-bond donors (Lipinski definition) is 1. The fraction of sp³-hybridized carbons (Fsp3) is 1.00. The smallest absolute Gasteiger partial charge is 0.112 e. The Kier molecular flexibility index (Phi) is 3.75. The van der Waals surface area contributed by atoms with E-state index >= 15 is 0 Å². The molecular formula is C17H29IO2. The fourth-order valence-corrected chi connectivity index (χ4v) is 6.71. The van der Waals surface area contributed by atoms with E-state index in [4.69, 9.17) is 4.74 Å². The molecule has 0 radical (unpaired) electrons. The minimum absolute atomic E-state index is 0.0650. The van der Waals surface area contributed by atoms with Gasteiger partial charge < -0.3 is 9.84 Å². The van der Waals surface area contributed by atoms with Crippen LogP contribution >= 0.6 is 22.6 Å². The molecule has 1 saturated heterocycles. The molecule has 1 spiro atoms. The molecule has 2 nitrogen and oxygen atoms in total. The number of fused-ring (bicyclic) bond motifs is 1. The summed E-state index contributed by atoms with van der Waals surface area (Å²) in [7, 11) is 0. The minimum Gasteiger partial charge on any atom is -0.387 e. The lowest BCUT2D eigenvalue weighted by molar-refractivity contribution is -0.227. The molecule has 2 saturated carbocycles. The van der Waals surface area contributed by atoms with E-state index in [1.165, 1.54) is 19.3 Å². The van der Waals surface area contributed by atoms with Crippen molar-refractivity contribution >= 4 is 22.6 Å². The molecule has 3 unspecified atom stereocenters. The molecule has 0 aromatic heterocycles. The summed E-state index contributed by atoms with van der Waals surface area (Å²) in [6, 6.07) is 0. The van der Waals surface area contributed by atoms with Crippen LogP contribution < -0.4 is 0 Å². The second kappa shape index (κ2) is 4.82. The predicted molar refractivity (Wildman–Crippen MR) is 90.3 cm³/mol. The summed E-state index contributed by atoms with van der Waals surface area (Å²) in [4.78, 5) is 0. The van der Waals surface area contributed by atoms with Gasteiger partial charge in [-0.1, -0.05) is 42.4 Å². The summed E-state index contributed by atoms with van der Waals surface area (Å²) in [6.07, 6.45) is 10.0. The standard InChI is InChI=1S/C17H29IO2/c1-4-5-9-16(19)10-6-8-15(18)11-7-13-12-17(15,16)20-14(13,2)3/h13,19H,4-12H2,1-3H3/t13?,15?,16-,17?/m0/s1. The topological polar surface area (TPSA) is 29.5 Å². The van der Waals surface area contributed by atoms with Crippen LogP contribution in [-0.2, 0) is 4.74 Å². The van der Waals surface area contributed by atoms with Crippen molar-refractivity contribution in [3.05, 3.63) is 0 Å². The minimum atomic E-state index is -0.602. The first kappa shape index (κ1) is 15.5. The number of alkyl halides is 1. The Morgan fingerprint density at radius 2 is 2.00 bits per heavy atom. The van der Waals surface area contributed by atoms with Crippen molar-refractivity contribution in [3.8, 4) is 0 Å². The van der Waals surface area contributed by atoms with E-state index < -0.39 is 5.60 Å². The fourth-order valence-electron chi connectivity index (χ4n) is 5.18. The van der Waals surface area contributed by atoms with Crippen LogP contribution in [0.2, 0.25) is 0 Å². The zero-order valence-electron chi connectivity index (χ0n) is 13.2. The highest BCUT2D eigenvalue weighted by Crippen LogP contribution is 2.66. The molecule has 2 aliphatic carbocycles. The van der Waals surface area contributed by atoms with Crippen molar-refractivity contribution in [1.82, 2.24) is 0 Å². The van der Waals surface area contributed by atoms with Gasteiger partial charge in [0.2, 0.25) is 0 Å². The predicted octanol–water partition coefficient (Wildman–Crippen LogP) is 4.61. The van der Waals surface area contributed by atoms with E-state index in [1.54, 1.807) is 0 Å². The largest absolute Gasteiger partial charge is 0.387 e. The van der Waals surface area contributed by atoms with Crippen molar-refractivity contribution in [3.63, 3.8) is 0 Å². The zero-order valence-corrected chi connectivity index (χ0v) is 15.3. The molecule has 3 fully saturated rings. The van der Waals surface area contributed by atoms with E-state index in [0.29, 0.717) is 5.92 Å². The maximum absolute atomic E-state index is 11.5. The Balaban J connectivity index is 2.01. The molecule has 1 aliphatic heterocycles. The summed E-state index contributed by atoms with van der Waals surface area (Å²) in [5.74, 6) is 0.622. The third-order valence-corrected chi connectivity index (χ3v) is 8.38. The third kappa shape index (κ3) is 1.95. The average molecular weight is 392 g/mol. The van der Waals surface area contributed by atoms with Gasteiger partial charge in [-0.15, -0.1) is 0 Å². The molecule has 116 valence electrons. The van der Waals surface area contributed by atoms with Crippen LogP contribution in [0, 0.1) is 5.92 Å². The van der Waals surface area contributed by atoms with Gasteiger partial charge >= 0.3 is 0 Å². The second-order valence-corrected chi connectivity index (χ2v) is 9.99. The summed E-state index contributed by atoms with van der Waals surface area (Å²) in [5, 5.41) is 11.5. The molecule has 4 atom stereocenters. The van der Waals surface area contributed by atoms with E-state index in [1.807, 2.05) is 0 Å². The maximum atomic E-state index is 11.5. The van der Waals surface area contributed by atoms with Crippen molar-refractivity contribution < 1.29 is 9.84 Å². The average Bonchev–Trinajstić information content (AvgIpc) is 2.61. The first-order valence-corrected chi connectivity index (χ1v) is 9.48. The number of unbranched alkanes of at least 4 members (excludes halogenated alkanes) is 1. The maximum Gasteiger partial charge on any atom is 0.112 e. The van der Waals surface area contributed by atoms with E-state index in [0.717, 1.165) is 38.5 Å². The number of ether oxygens (including phenoxy) is 1. The van der Waals surface area contributed by atoms with Crippen LogP contribution in [-0.4, -0.2) is 25.3 Å². The van der Waals surface area contributed by atoms with E-state index in [2.05, 4.69) is 43.4 Å². The van der Waals surface area contributed by atoms with Gasteiger partial charge in [-0.2, -0.15) is 0 Å². The van der Waals surface area contributed by atoms with Crippen LogP contribution in [0.5, 0.6) is 0 Å². The molecule has 3 aliphatic rings. The zero-order chi connectivity index (χ0) is 14.6. The van der Waals surface area contributed by atoms with Gasteiger partial charge in [-0.3, -0.25) is 0 Å². The van der Waals surface area contributed by atoms with Crippen molar-refractivity contribution in [1.29, 1.82) is 0 Å².